The summed E-state index contributed by atoms with van der Waals surface area (Å²) in [5.41, 5.74) is 3.09. The van der Waals surface area contributed by atoms with E-state index in [1.807, 2.05) is 49.4 Å². The molecular weight excluding hydrogens is 440 g/mol. The molecule has 3 aromatic heterocycles. The van der Waals surface area contributed by atoms with E-state index in [0.717, 1.165) is 22.2 Å². The van der Waals surface area contributed by atoms with Crippen molar-refractivity contribution < 1.29 is 4.79 Å². The summed E-state index contributed by atoms with van der Waals surface area (Å²) in [6.07, 6.45) is 3.97. The van der Waals surface area contributed by atoms with Gasteiger partial charge in [0.2, 0.25) is 5.91 Å². The summed E-state index contributed by atoms with van der Waals surface area (Å²) in [5.74, 6) is -0.144. The lowest BCUT2D eigenvalue weighted by atomic mass is 10.0. The average Bonchev–Trinajstić information content (AvgIpc) is 3.40. The van der Waals surface area contributed by atoms with Gasteiger partial charge in [-0.25, -0.2) is 4.98 Å². The minimum absolute atomic E-state index is 0.0595. The van der Waals surface area contributed by atoms with Crippen LogP contribution >= 0.6 is 11.6 Å². The van der Waals surface area contributed by atoms with Gasteiger partial charge < -0.3 is 15.6 Å². The van der Waals surface area contributed by atoms with Gasteiger partial charge in [-0.1, -0.05) is 48.9 Å². The molecule has 0 aliphatic carbocycles. The molecule has 0 saturated heterocycles. The van der Waals surface area contributed by atoms with Gasteiger partial charge in [0.05, 0.1) is 12.2 Å². The van der Waals surface area contributed by atoms with Crippen molar-refractivity contribution in [2.24, 2.45) is 0 Å². The number of aromatic nitrogens is 4. The molecule has 33 heavy (non-hydrogen) atoms. The number of halogens is 1. The number of hydrogen-bond acceptors (Lipinski definition) is 5. The number of aromatic amines is 1. The maximum atomic E-state index is 13.3. The lowest BCUT2D eigenvalue weighted by molar-refractivity contribution is -0.124. The van der Waals surface area contributed by atoms with Gasteiger partial charge in [-0.15, -0.1) is 0 Å². The van der Waals surface area contributed by atoms with Gasteiger partial charge in [0.15, 0.2) is 11.0 Å². The van der Waals surface area contributed by atoms with Gasteiger partial charge in [-0.3, -0.25) is 19.1 Å². The van der Waals surface area contributed by atoms with Gasteiger partial charge in [-0.05, 0) is 24.1 Å². The Kier molecular flexibility index (Phi) is 5.60. The van der Waals surface area contributed by atoms with Crippen molar-refractivity contribution in [2.75, 3.05) is 5.32 Å². The monoisotopic (exact) mass is 462 g/mol. The quantitative estimate of drug-likeness (QED) is 0.405. The third-order valence-electron chi connectivity index (χ3n) is 5.99. The number of amides is 1. The molecule has 0 saturated carbocycles. The van der Waals surface area contributed by atoms with Crippen LogP contribution in [0.4, 0.5) is 5.82 Å². The Morgan fingerprint density at radius 1 is 1.24 bits per heavy atom. The molecule has 5 rings (SSSR count). The minimum atomic E-state index is -0.647. The zero-order valence-corrected chi connectivity index (χ0v) is 18.8. The van der Waals surface area contributed by atoms with Gasteiger partial charge in [0.1, 0.15) is 6.04 Å². The van der Waals surface area contributed by atoms with Crippen LogP contribution in [0.2, 0.25) is 5.15 Å². The minimum Gasteiger partial charge on any atom is -0.361 e. The van der Waals surface area contributed by atoms with Crippen molar-refractivity contribution in [3.63, 3.8) is 0 Å². The molecule has 4 heterocycles. The molecule has 0 bridgehead atoms. The summed E-state index contributed by atoms with van der Waals surface area (Å²) in [5, 5.41) is 7.25. The molecule has 0 spiro atoms. The van der Waals surface area contributed by atoms with E-state index in [4.69, 9.17) is 11.6 Å². The summed E-state index contributed by atoms with van der Waals surface area (Å²) in [7, 11) is 0. The van der Waals surface area contributed by atoms with Gasteiger partial charge in [0.25, 0.3) is 5.56 Å². The summed E-state index contributed by atoms with van der Waals surface area (Å²) in [6, 6.07) is 12.9. The zero-order chi connectivity index (χ0) is 22.9. The molecule has 4 aromatic rings. The SMILES string of the molecule is CC1CC(C(=O)NCc2cc3cnccc3[nH]2)n2c1c(Cl)nc(NCc1ccccc1)c2=O. The smallest absolute Gasteiger partial charge is 0.294 e. The van der Waals surface area contributed by atoms with Gasteiger partial charge >= 0.3 is 0 Å². The summed E-state index contributed by atoms with van der Waals surface area (Å²) in [4.78, 5) is 38.1. The Hall–Kier alpha value is -3.65. The van der Waals surface area contributed by atoms with E-state index in [1.165, 1.54) is 4.57 Å². The average molecular weight is 463 g/mol. The fraction of sp³-hybridized carbons (Fsp3) is 0.250. The largest absolute Gasteiger partial charge is 0.361 e. The zero-order valence-electron chi connectivity index (χ0n) is 18.0. The molecule has 0 fully saturated rings. The van der Waals surface area contributed by atoms with Crippen LogP contribution < -0.4 is 16.2 Å². The van der Waals surface area contributed by atoms with Crippen molar-refractivity contribution in [2.45, 2.75) is 38.4 Å². The first-order chi connectivity index (χ1) is 16.0. The van der Waals surface area contributed by atoms with E-state index in [-0.39, 0.29) is 28.4 Å². The summed E-state index contributed by atoms with van der Waals surface area (Å²) < 4.78 is 1.50. The number of carbonyl (C=O) groups is 1. The molecule has 1 aliphatic heterocycles. The fourth-order valence-electron chi connectivity index (χ4n) is 4.38. The number of fused-ring (bicyclic) bond motifs is 2. The van der Waals surface area contributed by atoms with Crippen LogP contribution in [0.1, 0.15) is 42.3 Å². The Bertz CT molecular complexity index is 1350. The van der Waals surface area contributed by atoms with Crippen LogP contribution in [0.15, 0.2) is 59.7 Å². The van der Waals surface area contributed by atoms with Crippen molar-refractivity contribution in [1.82, 2.24) is 24.8 Å². The first-order valence-corrected chi connectivity index (χ1v) is 11.2. The van der Waals surface area contributed by atoms with Crippen LogP contribution in [-0.4, -0.2) is 25.4 Å². The second-order valence-electron chi connectivity index (χ2n) is 8.28. The van der Waals surface area contributed by atoms with E-state index < -0.39 is 6.04 Å². The third kappa shape index (κ3) is 4.09. The van der Waals surface area contributed by atoms with Crippen LogP contribution in [0.3, 0.4) is 0 Å². The van der Waals surface area contributed by atoms with Crippen LogP contribution in [-0.2, 0) is 17.9 Å². The molecule has 2 unspecified atom stereocenters. The Balaban J connectivity index is 1.37. The maximum Gasteiger partial charge on any atom is 0.294 e. The van der Waals surface area contributed by atoms with E-state index in [0.29, 0.717) is 25.2 Å². The topological polar surface area (TPSA) is 105 Å². The van der Waals surface area contributed by atoms with Crippen molar-refractivity contribution in [3.05, 3.63) is 87.3 Å². The Morgan fingerprint density at radius 2 is 2.06 bits per heavy atom. The van der Waals surface area contributed by atoms with Crippen LogP contribution in [0.5, 0.6) is 0 Å². The second kappa shape index (κ2) is 8.71. The Morgan fingerprint density at radius 3 is 2.85 bits per heavy atom. The number of carbonyl (C=O) groups excluding carboxylic acids is 1. The highest BCUT2D eigenvalue weighted by Gasteiger charge is 2.37. The molecule has 1 amide bonds. The lowest BCUT2D eigenvalue weighted by Crippen LogP contribution is -2.36. The van der Waals surface area contributed by atoms with Crippen LogP contribution in [0.25, 0.3) is 10.9 Å². The predicted octanol–water partition coefficient (Wildman–Crippen LogP) is 3.75. The third-order valence-corrected chi connectivity index (χ3v) is 6.27. The molecule has 1 aliphatic rings. The van der Waals surface area contributed by atoms with E-state index in [9.17, 15) is 9.59 Å². The molecular formula is C24H23ClN6O2. The van der Waals surface area contributed by atoms with E-state index >= 15 is 0 Å². The molecule has 8 nitrogen and oxygen atoms in total. The number of nitrogens with one attached hydrogen (secondary N) is 3. The van der Waals surface area contributed by atoms with Crippen molar-refractivity contribution >= 4 is 34.2 Å². The normalized spacial score (nSPS) is 17.2. The number of pyridine rings is 1. The Labute approximate surface area is 195 Å². The van der Waals surface area contributed by atoms with Crippen LogP contribution in [0, 0.1) is 0 Å². The second-order valence-corrected chi connectivity index (χ2v) is 8.64. The number of hydrogen-bond donors (Lipinski definition) is 3. The number of H-pyrrole nitrogens is 1. The van der Waals surface area contributed by atoms with Gasteiger partial charge in [-0.2, -0.15) is 0 Å². The highest BCUT2D eigenvalue weighted by atomic mass is 35.5. The van der Waals surface area contributed by atoms with E-state index in [1.54, 1.807) is 12.4 Å². The molecule has 1 aromatic carbocycles. The highest BCUT2D eigenvalue weighted by molar-refractivity contribution is 6.30. The standard InChI is InChI=1S/C24H23ClN6O2/c1-14-9-19(23(32)28-13-17-10-16-12-26-8-7-18(16)29-17)31-20(14)21(25)30-22(24(31)33)27-11-15-5-3-2-4-6-15/h2-8,10,12,14,19,29H,9,11,13H2,1H3,(H,27,30)(H,28,32). The number of anilines is 1. The molecule has 2 atom stereocenters. The van der Waals surface area contributed by atoms with Crippen molar-refractivity contribution in [3.8, 4) is 0 Å². The number of benzene rings is 1. The lowest BCUT2D eigenvalue weighted by Gasteiger charge is -2.16. The molecule has 0 radical (unpaired) electrons. The maximum absolute atomic E-state index is 13.3. The highest BCUT2D eigenvalue weighted by Crippen LogP contribution is 2.38. The first kappa shape index (κ1) is 21.2. The first-order valence-electron chi connectivity index (χ1n) is 10.8. The number of nitrogens with zero attached hydrogens (tertiary/aromatic N) is 3. The van der Waals surface area contributed by atoms with E-state index in [2.05, 4.69) is 25.6 Å². The molecule has 168 valence electrons. The summed E-state index contributed by atoms with van der Waals surface area (Å²) in [6.45, 7) is 2.70. The van der Waals surface area contributed by atoms with Crippen molar-refractivity contribution in [1.29, 1.82) is 0 Å². The molecule has 9 heteroatoms. The number of rotatable bonds is 6. The van der Waals surface area contributed by atoms with Gasteiger partial charge in [0, 0.05) is 41.5 Å². The predicted molar refractivity (Wildman–Crippen MR) is 127 cm³/mol. The fourth-order valence-corrected chi connectivity index (χ4v) is 4.74. The molecule has 3 N–H and O–H groups in total. The summed E-state index contributed by atoms with van der Waals surface area (Å²) >= 11 is 6.46.